The molecule has 0 aromatic carbocycles. The standard InChI is InChI=1S/C19H22N4O3/c1-13-17(16(12-20)19(26-13)23-8-4-5-9-23)18(25)22-10-6-15(7-11-22)21(3)14(2)24/h4-5,8-9,15H,6-7,10-11H2,1-3H3. The molecule has 1 aliphatic rings. The summed E-state index contributed by atoms with van der Waals surface area (Å²) in [4.78, 5) is 28.0. The van der Waals surface area contributed by atoms with E-state index in [1.807, 2.05) is 12.1 Å². The van der Waals surface area contributed by atoms with Crippen molar-refractivity contribution in [2.24, 2.45) is 0 Å². The smallest absolute Gasteiger partial charge is 0.258 e. The Hall–Kier alpha value is -3.01. The average Bonchev–Trinajstić information content (AvgIpc) is 3.27. The highest BCUT2D eigenvalue weighted by atomic mass is 16.4. The van der Waals surface area contributed by atoms with E-state index in [1.165, 1.54) is 0 Å². The summed E-state index contributed by atoms with van der Waals surface area (Å²) in [6.07, 6.45) is 5.00. The van der Waals surface area contributed by atoms with E-state index in [9.17, 15) is 14.9 Å². The zero-order valence-corrected chi connectivity index (χ0v) is 15.2. The summed E-state index contributed by atoms with van der Waals surface area (Å²) in [5.41, 5.74) is 0.584. The van der Waals surface area contributed by atoms with Gasteiger partial charge in [-0.05, 0) is 31.9 Å². The van der Waals surface area contributed by atoms with Crippen LogP contribution in [0.2, 0.25) is 0 Å². The second-order valence-electron chi connectivity index (χ2n) is 6.57. The van der Waals surface area contributed by atoms with Gasteiger partial charge in [-0.25, -0.2) is 0 Å². The number of hydrogen-bond acceptors (Lipinski definition) is 4. The molecule has 0 atom stereocenters. The lowest BCUT2D eigenvalue weighted by Crippen LogP contribution is -2.46. The Labute approximate surface area is 152 Å². The first-order chi connectivity index (χ1) is 12.4. The third-order valence-electron chi connectivity index (χ3n) is 5.03. The molecule has 2 amide bonds. The molecule has 3 rings (SSSR count). The third kappa shape index (κ3) is 3.10. The van der Waals surface area contributed by atoms with Crippen LogP contribution in [0.3, 0.4) is 0 Å². The van der Waals surface area contributed by atoms with Gasteiger partial charge in [-0.1, -0.05) is 0 Å². The van der Waals surface area contributed by atoms with Crippen molar-refractivity contribution < 1.29 is 14.0 Å². The molecule has 7 heteroatoms. The van der Waals surface area contributed by atoms with Gasteiger partial charge in [0.1, 0.15) is 23.0 Å². The zero-order valence-electron chi connectivity index (χ0n) is 15.2. The zero-order chi connectivity index (χ0) is 18.8. The summed E-state index contributed by atoms with van der Waals surface area (Å²) < 4.78 is 7.41. The van der Waals surface area contributed by atoms with Crippen molar-refractivity contribution in [2.45, 2.75) is 32.7 Å². The molecule has 3 heterocycles. The van der Waals surface area contributed by atoms with Crippen LogP contribution in [-0.2, 0) is 4.79 Å². The summed E-state index contributed by atoms with van der Waals surface area (Å²) in [6.45, 7) is 4.36. The summed E-state index contributed by atoms with van der Waals surface area (Å²) in [6, 6.07) is 5.93. The number of carbonyl (C=O) groups is 2. The molecule has 0 unspecified atom stereocenters. The van der Waals surface area contributed by atoms with Gasteiger partial charge in [-0.2, -0.15) is 5.26 Å². The van der Waals surface area contributed by atoms with E-state index < -0.39 is 0 Å². The number of likely N-dealkylation sites (tertiary alicyclic amines) is 1. The van der Waals surface area contributed by atoms with Crippen LogP contribution in [0.25, 0.3) is 5.88 Å². The minimum Gasteiger partial charge on any atom is -0.443 e. The van der Waals surface area contributed by atoms with E-state index in [4.69, 9.17) is 4.42 Å². The van der Waals surface area contributed by atoms with Gasteiger partial charge in [-0.15, -0.1) is 0 Å². The van der Waals surface area contributed by atoms with Crippen molar-refractivity contribution in [1.29, 1.82) is 5.26 Å². The molecule has 136 valence electrons. The maximum absolute atomic E-state index is 13.0. The number of aromatic nitrogens is 1. The topological polar surface area (TPSA) is 82.5 Å². The van der Waals surface area contributed by atoms with Crippen molar-refractivity contribution in [3.05, 3.63) is 41.4 Å². The minimum atomic E-state index is -0.190. The first-order valence-corrected chi connectivity index (χ1v) is 8.63. The first-order valence-electron chi connectivity index (χ1n) is 8.63. The molecular formula is C19H22N4O3. The Balaban J connectivity index is 1.81. The highest BCUT2D eigenvalue weighted by molar-refractivity contribution is 5.98. The van der Waals surface area contributed by atoms with Gasteiger partial charge in [0.2, 0.25) is 11.8 Å². The van der Waals surface area contributed by atoms with Crippen LogP contribution in [0.1, 0.15) is 41.4 Å². The second kappa shape index (κ2) is 7.08. The monoisotopic (exact) mass is 354 g/mol. The SMILES string of the molecule is CC(=O)N(C)C1CCN(C(=O)c2c(C)oc(-n3cccc3)c2C#N)CC1. The number of carbonyl (C=O) groups excluding carboxylic acids is 2. The molecule has 1 saturated heterocycles. The maximum atomic E-state index is 13.0. The Morgan fingerprint density at radius 3 is 2.42 bits per heavy atom. The van der Waals surface area contributed by atoms with Crippen molar-refractivity contribution in [3.63, 3.8) is 0 Å². The lowest BCUT2D eigenvalue weighted by molar-refractivity contribution is -0.130. The van der Waals surface area contributed by atoms with Crippen molar-refractivity contribution >= 4 is 11.8 Å². The van der Waals surface area contributed by atoms with E-state index in [0.29, 0.717) is 30.3 Å². The molecular weight excluding hydrogens is 332 g/mol. The quantitative estimate of drug-likeness (QED) is 0.847. The molecule has 7 nitrogen and oxygen atoms in total. The van der Waals surface area contributed by atoms with Crippen molar-refractivity contribution in [1.82, 2.24) is 14.4 Å². The van der Waals surface area contributed by atoms with Crippen molar-refractivity contribution in [2.75, 3.05) is 20.1 Å². The number of rotatable bonds is 3. The Kier molecular flexibility index (Phi) is 4.85. The van der Waals surface area contributed by atoms with Crippen LogP contribution in [0.15, 0.2) is 28.9 Å². The van der Waals surface area contributed by atoms with Crippen LogP contribution in [0.4, 0.5) is 0 Å². The molecule has 1 aliphatic heterocycles. The molecule has 0 N–H and O–H groups in total. The number of piperidine rings is 1. The van der Waals surface area contributed by atoms with E-state index >= 15 is 0 Å². The van der Waals surface area contributed by atoms with Crippen LogP contribution >= 0.6 is 0 Å². The number of aryl methyl sites for hydroxylation is 1. The van der Waals surface area contributed by atoms with Gasteiger partial charge < -0.3 is 14.2 Å². The predicted molar refractivity (Wildman–Crippen MR) is 94.9 cm³/mol. The number of hydrogen-bond donors (Lipinski definition) is 0. The molecule has 0 radical (unpaired) electrons. The van der Waals surface area contributed by atoms with E-state index in [-0.39, 0.29) is 23.4 Å². The minimum absolute atomic E-state index is 0.0311. The maximum Gasteiger partial charge on any atom is 0.258 e. The first kappa shape index (κ1) is 17.8. The molecule has 26 heavy (non-hydrogen) atoms. The van der Waals surface area contributed by atoms with E-state index in [0.717, 1.165) is 12.8 Å². The van der Waals surface area contributed by atoms with Crippen molar-refractivity contribution in [3.8, 4) is 12.0 Å². The van der Waals surface area contributed by atoms with E-state index in [1.54, 1.807) is 47.7 Å². The lowest BCUT2D eigenvalue weighted by atomic mass is 10.0. The van der Waals surface area contributed by atoms with Crippen LogP contribution in [-0.4, -0.2) is 52.4 Å². The van der Waals surface area contributed by atoms with Gasteiger partial charge in [0, 0.05) is 45.5 Å². The van der Waals surface area contributed by atoms with E-state index in [2.05, 4.69) is 6.07 Å². The summed E-state index contributed by atoms with van der Waals surface area (Å²) in [5, 5.41) is 9.60. The van der Waals surface area contributed by atoms with Crippen LogP contribution in [0, 0.1) is 18.3 Å². The largest absolute Gasteiger partial charge is 0.443 e. The van der Waals surface area contributed by atoms with Gasteiger partial charge in [0.25, 0.3) is 5.91 Å². The predicted octanol–water partition coefficient (Wildman–Crippen LogP) is 2.33. The molecule has 2 aromatic heterocycles. The highest BCUT2D eigenvalue weighted by Gasteiger charge is 2.31. The molecule has 0 saturated carbocycles. The van der Waals surface area contributed by atoms with Crippen LogP contribution in [0.5, 0.6) is 0 Å². The van der Waals surface area contributed by atoms with Gasteiger partial charge in [-0.3, -0.25) is 14.2 Å². The summed E-state index contributed by atoms with van der Waals surface area (Å²) in [5.74, 6) is 0.650. The Morgan fingerprint density at radius 1 is 1.27 bits per heavy atom. The average molecular weight is 354 g/mol. The normalized spacial score (nSPS) is 14.9. The fourth-order valence-corrected chi connectivity index (χ4v) is 3.41. The Bertz CT molecular complexity index is 852. The summed E-state index contributed by atoms with van der Waals surface area (Å²) in [7, 11) is 1.79. The fourth-order valence-electron chi connectivity index (χ4n) is 3.41. The molecule has 0 spiro atoms. The van der Waals surface area contributed by atoms with Gasteiger partial charge >= 0.3 is 0 Å². The summed E-state index contributed by atoms with van der Waals surface area (Å²) >= 11 is 0. The molecule has 0 aliphatic carbocycles. The number of furan rings is 1. The molecule has 0 bridgehead atoms. The van der Waals surface area contributed by atoms with Crippen LogP contribution < -0.4 is 0 Å². The molecule has 2 aromatic rings. The fraction of sp³-hybridized carbons (Fsp3) is 0.421. The van der Waals surface area contributed by atoms with Gasteiger partial charge in [0.05, 0.1) is 0 Å². The third-order valence-corrected chi connectivity index (χ3v) is 5.03. The Morgan fingerprint density at radius 2 is 1.88 bits per heavy atom. The number of nitrogens with zero attached hydrogens (tertiary/aromatic N) is 4. The second-order valence-corrected chi connectivity index (χ2v) is 6.57. The number of amides is 2. The molecule has 1 fully saturated rings. The van der Waals surface area contributed by atoms with Gasteiger partial charge in [0.15, 0.2) is 0 Å². The highest BCUT2D eigenvalue weighted by Crippen LogP contribution is 2.28. The lowest BCUT2D eigenvalue weighted by Gasteiger charge is -2.36. The number of nitriles is 1.